The van der Waals surface area contributed by atoms with Crippen molar-refractivity contribution >= 4 is 23.2 Å². The van der Waals surface area contributed by atoms with Crippen LogP contribution in [-0.4, -0.2) is 53.9 Å². The van der Waals surface area contributed by atoms with Crippen LogP contribution in [0.15, 0.2) is 59.4 Å². The van der Waals surface area contributed by atoms with Gasteiger partial charge in [-0.2, -0.15) is 9.78 Å². The number of hydrogen-bond donors (Lipinski definition) is 0. The van der Waals surface area contributed by atoms with E-state index in [0.29, 0.717) is 36.9 Å². The molecule has 0 bridgehead atoms. The van der Waals surface area contributed by atoms with Crippen LogP contribution in [0.5, 0.6) is 5.75 Å². The van der Waals surface area contributed by atoms with Crippen LogP contribution in [-0.2, 0) is 0 Å². The fourth-order valence-corrected chi connectivity index (χ4v) is 3.69. The molecule has 0 N–H and O–H groups in total. The van der Waals surface area contributed by atoms with E-state index in [2.05, 4.69) is 10.00 Å². The highest BCUT2D eigenvalue weighted by atomic mass is 35.5. The van der Waals surface area contributed by atoms with Crippen LogP contribution in [0.25, 0.3) is 5.69 Å². The number of amides is 1. The lowest BCUT2D eigenvalue weighted by Gasteiger charge is -2.36. The van der Waals surface area contributed by atoms with E-state index in [1.165, 1.54) is 37.4 Å². The SMILES string of the molecule is COc1cc(=O)n(-c2ccc(F)cc2)nc1C(=O)N1CCN(c2cccc(Cl)c2)CC1. The maximum Gasteiger partial charge on any atom is 0.278 e. The summed E-state index contributed by atoms with van der Waals surface area (Å²) >= 11 is 6.08. The van der Waals surface area contributed by atoms with E-state index >= 15 is 0 Å². The molecule has 3 aromatic rings. The Morgan fingerprint density at radius 2 is 1.74 bits per heavy atom. The van der Waals surface area contributed by atoms with Gasteiger partial charge in [-0.15, -0.1) is 0 Å². The number of halogens is 2. The number of nitrogens with zero attached hydrogens (tertiary/aromatic N) is 4. The minimum absolute atomic E-state index is 0.0302. The fourth-order valence-electron chi connectivity index (χ4n) is 3.50. The molecule has 2 heterocycles. The second kappa shape index (κ2) is 8.77. The van der Waals surface area contributed by atoms with Crippen LogP contribution >= 0.6 is 11.6 Å². The molecule has 0 atom stereocenters. The van der Waals surface area contributed by atoms with Gasteiger partial charge in [-0.25, -0.2) is 4.39 Å². The predicted octanol–water partition coefficient (Wildman–Crippen LogP) is 3.00. The number of piperazine rings is 1. The third-order valence-electron chi connectivity index (χ3n) is 5.13. The van der Waals surface area contributed by atoms with Gasteiger partial charge in [0.15, 0.2) is 11.4 Å². The van der Waals surface area contributed by atoms with Gasteiger partial charge >= 0.3 is 0 Å². The largest absolute Gasteiger partial charge is 0.494 e. The number of carbonyl (C=O) groups is 1. The molecule has 4 rings (SSSR count). The molecule has 0 saturated carbocycles. The summed E-state index contributed by atoms with van der Waals surface area (Å²) < 4.78 is 19.6. The summed E-state index contributed by atoms with van der Waals surface area (Å²) in [6.07, 6.45) is 0. The summed E-state index contributed by atoms with van der Waals surface area (Å²) in [4.78, 5) is 29.5. The first-order valence-electron chi connectivity index (χ1n) is 9.70. The average Bonchev–Trinajstić information content (AvgIpc) is 2.79. The molecule has 2 aromatic carbocycles. The van der Waals surface area contributed by atoms with Gasteiger partial charge in [0, 0.05) is 36.9 Å². The van der Waals surface area contributed by atoms with Crippen molar-refractivity contribution < 1.29 is 13.9 Å². The molecule has 9 heteroatoms. The first-order valence-corrected chi connectivity index (χ1v) is 10.1. The van der Waals surface area contributed by atoms with E-state index in [0.717, 1.165) is 10.4 Å². The Kier molecular flexibility index (Phi) is 5.90. The number of rotatable bonds is 4. The molecule has 1 aromatic heterocycles. The van der Waals surface area contributed by atoms with Crippen molar-refractivity contribution in [1.29, 1.82) is 0 Å². The Morgan fingerprint density at radius 3 is 2.39 bits per heavy atom. The first-order chi connectivity index (χ1) is 15.0. The molecule has 0 spiro atoms. The van der Waals surface area contributed by atoms with E-state index in [9.17, 15) is 14.0 Å². The van der Waals surface area contributed by atoms with Crippen molar-refractivity contribution in [1.82, 2.24) is 14.7 Å². The Balaban J connectivity index is 1.57. The van der Waals surface area contributed by atoms with Gasteiger partial charge < -0.3 is 14.5 Å². The number of aromatic nitrogens is 2. The molecular weight excluding hydrogens is 423 g/mol. The van der Waals surface area contributed by atoms with Crippen molar-refractivity contribution in [3.63, 3.8) is 0 Å². The second-order valence-corrected chi connectivity index (χ2v) is 7.48. The highest BCUT2D eigenvalue weighted by Gasteiger charge is 2.27. The molecule has 1 aliphatic heterocycles. The minimum Gasteiger partial charge on any atom is -0.494 e. The summed E-state index contributed by atoms with van der Waals surface area (Å²) in [5, 5.41) is 4.90. The monoisotopic (exact) mass is 442 g/mol. The molecule has 1 saturated heterocycles. The van der Waals surface area contributed by atoms with E-state index in [1.54, 1.807) is 4.90 Å². The molecule has 7 nitrogen and oxygen atoms in total. The van der Waals surface area contributed by atoms with Crippen LogP contribution in [0.3, 0.4) is 0 Å². The number of ether oxygens (including phenoxy) is 1. The standard InChI is InChI=1S/C22H20ClFN4O3/c1-31-19-14-20(29)28(17-7-5-16(24)6-8-17)25-21(19)22(30)27-11-9-26(10-12-27)18-4-2-3-15(23)13-18/h2-8,13-14H,9-12H2,1H3. The van der Waals surface area contributed by atoms with Gasteiger partial charge in [0.25, 0.3) is 11.5 Å². The maximum atomic E-state index is 13.2. The zero-order valence-electron chi connectivity index (χ0n) is 16.8. The van der Waals surface area contributed by atoms with Crippen molar-refractivity contribution in [2.75, 3.05) is 38.2 Å². The highest BCUT2D eigenvalue weighted by Crippen LogP contribution is 2.22. The number of benzene rings is 2. The lowest BCUT2D eigenvalue weighted by atomic mass is 10.2. The number of hydrogen-bond acceptors (Lipinski definition) is 5. The Labute approximate surface area is 183 Å². The van der Waals surface area contributed by atoms with Gasteiger partial charge in [-0.05, 0) is 42.5 Å². The summed E-state index contributed by atoms with van der Waals surface area (Å²) in [5.74, 6) is -0.664. The van der Waals surface area contributed by atoms with Crippen LogP contribution in [0.1, 0.15) is 10.5 Å². The molecular formula is C22H20ClFN4O3. The van der Waals surface area contributed by atoms with Crippen molar-refractivity contribution in [2.45, 2.75) is 0 Å². The van der Waals surface area contributed by atoms with E-state index in [1.807, 2.05) is 24.3 Å². The molecule has 0 radical (unpaired) electrons. The third kappa shape index (κ3) is 4.39. The Hall–Kier alpha value is -3.39. The first kappa shape index (κ1) is 20.9. The Morgan fingerprint density at radius 1 is 1.03 bits per heavy atom. The summed E-state index contributed by atoms with van der Waals surface area (Å²) in [6, 6.07) is 14.1. The summed E-state index contributed by atoms with van der Waals surface area (Å²) in [7, 11) is 1.38. The molecule has 160 valence electrons. The molecule has 0 unspecified atom stereocenters. The second-order valence-electron chi connectivity index (χ2n) is 7.05. The van der Waals surface area contributed by atoms with Crippen molar-refractivity contribution in [3.8, 4) is 11.4 Å². The van der Waals surface area contributed by atoms with Crippen LogP contribution in [0.2, 0.25) is 5.02 Å². The lowest BCUT2D eigenvalue weighted by Crippen LogP contribution is -2.49. The van der Waals surface area contributed by atoms with Gasteiger partial charge in [0.05, 0.1) is 18.9 Å². The Bertz CT molecular complexity index is 1160. The van der Waals surface area contributed by atoms with Gasteiger partial charge in [0.1, 0.15) is 5.82 Å². The predicted molar refractivity (Wildman–Crippen MR) is 116 cm³/mol. The smallest absolute Gasteiger partial charge is 0.278 e. The van der Waals surface area contributed by atoms with Crippen molar-refractivity contribution in [2.24, 2.45) is 0 Å². The summed E-state index contributed by atoms with van der Waals surface area (Å²) in [5.41, 5.74) is 0.905. The number of carbonyl (C=O) groups excluding carboxylic acids is 1. The third-order valence-corrected chi connectivity index (χ3v) is 5.37. The molecule has 1 aliphatic rings. The van der Waals surface area contributed by atoms with E-state index < -0.39 is 11.4 Å². The molecule has 31 heavy (non-hydrogen) atoms. The highest BCUT2D eigenvalue weighted by molar-refractivity contribution is 6.30. The average molecular weight is 443 g/mol. The zero-order valence-corrected chi connectivity index (χ0v) is 17.6. The van der Waals surface area contributed by atoms with Gasteiger partial charge in [0.2, 0.25) is 0 Å². The normalized spacial score (nSPS) is 13.9. The molecule has 1 amide bonds. The lowest BCUT2D eigenvalue weighted by molar-refractivity contribution is 0.0734. The van der Waals surface area contributed by atoms with Gasteiger partial charge in [-0.3, -0.25) is 9.59 Å². The topological polar surface area (TPSA) is 67.7 Å². The molecule has 0 aliphatic carbocycles. The zero-order chi connectivity index (χ0) is 22.0. The van der Waals surface area contributed by atoms with Crippen molar-refractivity contribution in [3.05, 3.63) is 81.5 Å². The van der Waals surface area contributed by atoms with Gasteiger partial charge in [-0.1, -0.05) is 17.7 Å². The van der Waals surface area contributed by atoms with E-state index in [4.69, 9.17) is 16.3 Å². The van der Waals surface area contributed by atoms with Crippen LogP contribution in [0, 0.1) is 5.82 Å². The van der Waals surface area contributed by atoms with Crippen LogP contribution < -0.4 is 15.2 Å². The fraction of sp³-hybridized carbons (Fsp3) is 0.227. The number of anilines is 1. The number of methoxy groups -OCH3 is 1. The minimum atomic E-state index is -0.481. The quantitative estimate of drug-likeness (QED) is 0.621. The van der Waals surface area contributed by atoms with Crippen LogP contribution in [0.4, 0.5) is 10.1 Å². The molecule has 1 fully saturated rings. The summed E-state index contributed by atoms with van der Waals surface area (Å²) in [6.45, 7) is 2.22. The van der Waals surface area contributed by atoms with E-state index in [-0.39, 0.29) is 17.4 Å². The maximum absolute atomic E-state index is 13.2.